The number of piperidine rings is 1. The zero-order valence-corrected chi connectivity index (χ0v) is 12.9. The molecule has 1 aliphatic rings. The van der Waals surface area contributed by atoms with Gasteiger partial charge in [0.1, 0.15) is 0 Å². The van der Waals surface area contributed by atoms with Crippen molar-refractivity contribution in [3.05, 3.63) is 18.2 Å². The van der Waals surface area contributed by atoms with Gasteiger partial charge in [0.2, 0.25) is 5.91 Å². The number of hydrogen-bond donors (Lipinski definition) is 2. The maximum atomic E-state index is 12.3. The van der Waals surface area contributed by atoms with Crippen molar-refractivity contribution in [2.75, 3.05) is 25.6 Å². The fourth-order valence-electron chi connectivity index (χ4n) is 2.64. The molecule has 0 aromatic heterocycles. The molecule has 1 aromatic carbocycles. The first kappa shape index (κ1) is 15.6. The average Bonchev–Trinajstić information content (AvgIpc) is 2.48. The fraction of sp³-hybridized carbons (Fsp3) is 0.562. The van der Waals surface area contributed by atoms with Gasteiger partial charge in [0.15, 0.2) is 11.5 Å². The Morgan fingerprint density at radius 2 is 2.24 bits per heavy atom. The van der Waals surface area contributed by atoms with Crippen molar-refractivity contribution >= 4 is 11.6 Å². The largest absolute Gasteiger partial charge is 0.493 e. The van der Waals surface area contributed by atoms with E-state index in [4.69, 9.17) is 9.47 Å². The van der Waals surface area contributed by atoms with Crippen LogP contribution in [0.25, 0.3) is 0 Å². The van der Waals surface area contributed by atoms with Crippen LogP contribution in [0.1, 0.15) is 26.7 Å². The van der Waals surface area contributed by atoms with Gasteiger partial charge in [-0.2, -0.15) is 0 Å². The van der Waals surface area contributed by atoms with Crippen molar-refractivity contribution in [2.24, 2.45) is 5.92 Å². The van der Waals surface area contributed by atoms with Crippen molar-refractivity contribution in [3.8, 4) is 11.5 Å². The maximum Gasteiger partial charge on any atom is 0.227 e. The standard InChI is InChI=1S/C16H24N2O3/c1-4-21-15-10-13(5-6-14(15)20-3)18-16(19)12-7-8-17-11(2)9-12/h5-6,10-12,17H,4,7-9H2,1-3H3,(H,18,19). The van der Waals surface area contributed by atoms with Crippen LogP contribution >= 0.6 is 0 Å². The second-order valence-electron chi connectivity index (χ2n) is 5.36. The van der Waals surface area contributed by atoms with E-state index in [1.807, 2.05) is 25.1 Å². The Bertz CT molecular complexity index is 490. The molecule has 1 aliphatic heterocycles. The van der Waals surface area contributed by atoms with Gasteiger partial charge in [0.25, 0.3) is 0 Å². The van der Waals surface area contributed by atoms with E-state index < -0.39 is 0 Å². The van der Waals surface area contributed by atoms with Crippen molar-refractivity contribution in [3.63, 3.8) is 0 Å². The highest BCUT2D eigenvalue weighted by atomic mass is 16.5. The van der Waals surface area contributed by atoms with Crippen LogP contribution in [0.2, 0.25) is 0 Å². The number of rotatable bonds is 5. The molecule has 1 saturated heterocycles. The summed E-state index contributed by atoms with van der Waals surface area (Å²) in [7, 11) is 1.60. The van der Waals surface area contributed by atoms with Crippen LogP contribution in [0.3, 0.4) is 0 Å². The number of carbonyl (C=O) groups excluding carboxylic acids is 1. The second-order valence-corrected chi connectivity index (χ2v) is 5.36. The minimum Gasteiger partial charge on any atom is -0.493 e. The highest BCUT2D eigenvalue weighted by Crippen LogP contribution is 2.30. The molecule has 21 heavy (non-hydrogen) atoms. The Balaban J connectivity index is 2.04. The Morgan fingerprint density at radius 3 is 2.90 bits per heavy atom. The predicted octanol–water partition coefficient (Wildman–Crippen LogP) is 2.42. The zero-order valence-electron chi connectivity index (χ0n) is 12.9. The Morgan fingerprint density at radius 1 is 1.43 bits per heavy atom. The van der Waals surface area contributed by atoms with Gasteiger partial charge in [-0.25, -0.2) is 0 Å². The number of ether oxygens (including phenoxy) is 2. The SMILES string of the molecule is CCOc1cc(NC(=O)C2CCNC(C)C2)ccc1OC. The molecule has 1 amide bonds. The third-order valence-corrected chi connectivity index (χ3v) is 3.73. The summed E-state index contributed by atoms with van der Waals surface area (Å²) in [6.45, 7) is 5.48. The van der Waals surface area contributed by atoms with E-state index in [-0.39, 0.29) is 11.8 Å². The molecule has 2 N–H and O–H groups in total. The molecular formula is C16H24N2O3. The molecule has 2 atom stereocenters. The third-order valence-electron chi connectivity index (χ3n) is 3.73. The third kappa shape index (κ3) is 4.11. The number of carbonyl (C=O) groups is 1. The molecule has 2 rings (SSSR count). The number of benzene rings is 1. The minimum absolute atomic E-state index is 0.0684. The molecule has 0 spiro atoms. The molecule has 5 heteroatoms. The summed E-state index contributed by atoms with van der Waals surface area (Å²) < 4.78 is 10.8. The second kappa shape index (κ2) is 7.31. The summed E-state index contributed by atoms with van der Waals surface area (Å²) in [6.07, 6.45) is 1.75. The van der Waals surface area contributed by atoms with Crippen LogP contribution in [0.15, 0.2) is 18.2 Å². The number of amides is 1. The number of nitrogens with one attached hydrogen (secondary N) is 2. The molecule has 1 fully saturated rings. The quantitative estimate of drug-likeness (QED) is 0.875. The van der Waals surface area contributed by atoms with Gasteiger partial charge in [0.05, 0.1) is 13.7 Å². The van der Waals surface area contributed by atoms with Gasteiger partial charge in [-0.15, -0.1) is 0 Å². The summed E-state index contributed by atoms with van der Waals surface area (Å²) in [5.74, 6) is 1.47. The molecule has 0 saturated carbocycles. The van der Waals surface area contributed by atoms with Crippen LogP contribution in [0.5, 0.6) is 11.5 Å². The molecule has 2 unspecified atom stereocenters. The van der Waals surface area contributed by atoms with Crippen LogP contribution in [-0.2, 0) is 4.79 Å². The summed E-state index contributed by atoms with van der Waals surface area (Å²) in [4.78, 5) is 12.3. The van der Waals surface area contributed by atoms with Crippen molar-refractivity contribution in [2.45, 2.75) is 32.7 Å². The lowest BCUT2D eigenvalue weighted by Crippen LogP contribution is -2.40. The molecule has 5 nitrogen and oxygen atoms in total. The lowest BCUT2D eigenvalue weighted by Gasteiger charge is -2.27. The molecule has 116 valence electrons. The highest BCUT2D eigenvalue weighted by molar-refractivity contribution is 5.93. The molecular weight excluding hydrogens is 268 g/mol. The first-order valence-electron chi connectivity index (χ1n) is 7.49. The first-order chi connectivity index (χ1) is 10.1. The summed E-state index contributed by atoms with van der Waals surface area (Å²) in [6, 6.07) is 5.85. The number of anilines is 1. The van der Waals surface area contributed by atoms with Crippen molar-refractivity contribution < 1.29 is 14.3 Å². The van der Waals surface area contributed by atoms with E-state index >= 15 is 0 Å². The molecule has 0 bridgehead atoms. The zero-order chi connectivity index (χ0) is 15.2. The van der Waals surface area contributed by atoms with Crippen molar-refractivity contribution in [1.29, 1.82) is 0 Å². The summed E-state index contributed by atoms with van der Waals surface area (Å²) >= 11 is 0. The highest BCUT2D eigenvalue weighted by Gasteiger charge is 2.24. The van der Waals surface area contributed by atoms with Crippen molar-refractivity contribution in [1.82, 2.24) is 5.32 Å². The maximum absolute atomic E-state index is 12.3. The Kier molecular flexibility index (Phi) is 5.44. The Hall–Kier alpha value is -1.75. The molecule has 0 aliphatic carbocycles. The number of hydrogen-bond acceptors (Lipinski definition) is 4. The summed E-state index contributed by atoms with van der Waals surface area (Å²) in [5.41, 5.74) is 0.746. The van der Waals surface area contributed by atoms with Crippen LogP contribution in [-0.4, -0.2) is 32.2 Å². The predicted molar refractivity (Wildman–Crippen MR) is 83.0 cm³/mol. The Labute approximate surface area is 126 Å². The van der Waals surface area contributed by atoms with E-state index in [0.717, 1.165) is 25.1 Å². The lowest BCUT2D eigenvalue weighted by molar-refractivity contribution is -0.120. The van der Waals surface area contributed by atoms with E-state index in [1.54, 1.807) is 7.11 Å². The first-order valence-corrected chi connectivity index (χ1v) is 7.49. The van der Waals surface area contributed by atoms with Gasteiger partial charge >= 0.3 is 0 Å². The van der Waals surface area contributed by atoms with E-state index in [2.05, 4.69) is 17.6 Å². The lowest BCUT2D eigenvalue weighted by atomic mass is 9.92. The van der Waals surface area contributed by atoms with Gasteiger partial charge < -0.3 is 20.1 Å². The molecule has 1 heterocycles. The number of methoxy groups -OCH3 is 1. The van der Waals surface area contributed by atoms with Gasteiger partial charge in [-0.3, -0.25) is 4.79 Å². The minimum atomic E-state index is 0.0684. The van der Waals surface area contributed by atoms with Gasteiger partial charge in [0, 0.05) is 23.7 Å². The van der Waals surface area contributed by atoms with Crippen LogP contribution in [0.4, 0.5) is 5.69 Å². The van der Waals surface area contributed by atoms with E-state index in [9.17, 15) is 4.79 Å². The normalized spacial score (nSPS) is 21.7. The topological polar surface area (TPSA) is 59.6 Å². The molecule has 1 aromatic rings. The summed E-state index contributed by atoms with van der Waals surface area (Å²) in [5, 5.41) is 6.34. The van der Waals surface area contributed by atoms with E-state index in [1.165, 1.54) is 0 Å². The van der Waals surface area contributed by atoms with Gasteiger partial charge in [-0.05, 0) is 45.4 Å². The van der Waals surface area contributed by atoms with Crippen LogP contribution < -0.4 is 20.1 Å². The molecule has 0 radical (unpaired) electrons. The fourth-order valence-corrected chi connectivity index (χ4v) is 2.64. The monoisotopic (exact) mass is 292 g/mol. The van der Waals surface area contributed by atoms with Crippen LogP contribution in [0, 0.1) is 5.92 Å². The smallest absolute Gasteiger partial charge is 0.227 e. The van der Waals surface area contributed by atoms with Gasteiger partial charge in [-0.1, -0.05) is 0 Å². The average molecular weight is 292 g/mol. The van der Waals surface area contributed by atoms with E-state index in [0.29, 0.717) is 24.1 Å².